The van der Waals surface area contributed by atoms with Crippen LogP contribution < -0.4 is 9.64 Å². The van der Waals surface area contributed by atoms with Gasteiger partial charge in [0.15, 0.2) is 0 Å². The smallest absolute Gasteiger partial charge is 0.252 e. The van der Waals surface area contributed by atoms with Crippen LogP contribution in [0.25, 0.3) is 0 Å². The summed E-state index contributed by atoms with van der Waals surface area (Å²) in [7, 11) is -1.81. The first kappa shape index (κ1) is 18.2. The molecule has 0 bridgehead atoms. The zero-order valence-corrected chi connectivity index (χ0v) is 17.7. The van der Waals surface area contributed by atoms with Gasteiger partial charge in [0.25, 0.3) is 10.0 Å². The molecule has 2 aromatic rings. The van der Waals surface area contributed by atoms with Crippen LogP contribution in [0.15, 0.2) is 42.8 Å². The lowest BCUT2D eigenvalue weighted by molar-refractivity contribution is 0.379. The van der Waals surface area contributed by atoms with Crippen LogP contribution in [0.1, 0.15) is 0 Å². The van der Waals surface area contributed by atoms with Crippen LogP contribution in [0.4, 0.5) is 5.69 Å². The average Bonchev–Trinajstić information content (AvgIpc) is 2.95. The molecule has 1 aliphatic heterocycles. The summed E-state index contributed by atoms with van der Waals surface area (Å²) in [5.74, 6) is 0.805. The van der Waals surface area contributed by atoms with Crippen molar-refractivity contribution in [3.63, 3.8) is 0 Å². The molecule has 5 nitrogen and oxygen atoms in total. The van der Waals surface area contributed by atoms with Crippen LogP contribution in [0, 0.1) is 0 Å². The Morgan fingerprint density at radius 2 is 1.79 bits per heavy atom. The van der Waals surface area contributed by atoms with Crippen LogP contribution in [-0.4, -0.2) is 46.0 Å². The zero-order chi connectivity index (χ0) is 17.3. The van der Waals surface area contributed by atoms with E-state index in [0.717, 1.165) is 19.7 Å². The third-order valence-electron chi connectivity index (χ3n) is 3.88. The van der Waals surface area contributed by atoms with Gasteiger partial charge in [0.2, 0.25) is 0 Å². The van der Waals surface area contributed by atoms with Gasteiger partial charge in [-0.3, -0.25) is 0 Å². The summed E-state index contributed by atoms with van der Waals surface area (Å²) >= 11 is 7.93. The topological polar surface area (TPSA) is 49.9 Å². The number of rotatable bonds is 4. The maximum Gasteiger partial charge on any atom is 0.252 e. The van der Waals surface area contributed by atoms with Gasteiger partial charge >= 0.3 is 0 Å². The molecule has 3 rings (SSSR count). The first-order chi connectivity index (χ1) is 11.4. The normalized spacial score (nSPS) is 16.4. The van der Waals surface area contributed by atoms with Crippen LogP contribution in [-0.2, 0) is 10.0 Å². The molecule has 9 heteroatoms. The molecule has 0 atom stereocenters. The Kier molecular flexibility index (Phi) is 5.55. The number of methoxy groups -OCH3 is 1. The molecule has 1 aromatic carbocycles. The summed E-state index contributed by atoms with van der Waals surface area (Å²) < 4.78 is 34.4. The predicted molar refractivity (Wildman–Crippen MR) is 104 cm³/mol. The quantitative estimate of drug-likeness (QED) is 0.647. The minimum Gasteiger partial charge on any atom is -0.495 e. The van der Waals surface area contributed by atoms with E-state index >= 15 is 0 Å². The van der Waals surface area contributed by atoms with E-state index in [-0.39, 0.29) is 0 Å². The van der Waals surface area contributed by atoms with Crippen LogP contribution in [0.5, 0.6) is 5.75 Å². The number of halogens is 2. The Balaban J connectivity index is 1.75. The van der Waals surface area contributed by atoms with Gasteiger partial charge in [-0.2, -0.15) is 4.31 Å². The van der Waals surface area contributed by atoms with E-state index in [4.69, 9.17) is 4.74 Å². The van der Waals surface area contributed by atoms with E-state index in [1.165, 1.54) is 11.3 Å². The number of hydrogen-bond acceptors (Lipinski definition) is 5. The molecule has 0 unspecified atom stereocenters. The Bertz CT molecular complexity index is 811. The SMILES string of the molecule is COc1ccccc1N1CCN(S(=O)(=O)c2cc(Br)c(Br)s2)CC1. The highest BCUT2D eigenvalue weighted by Gasteiger charge is 2.31. The Morgan fingerprint density at radius 3 is 2.38 bits per heavy atom. The van der Waals surface area contributed by atoms with Gasteiger partial charge in [0, 0.05) is 30.7 Å². The van der Waals surface area contributed by atoms with Crippen molar-refractivity contribution in [2.24, 2.45) is 0 Å². The number of anilines is 1. The fourth-order valence-electron chi connectivity index (χ4n) is 2.64. The summed E-state index contributed by atoms with van der Waals surface area (Å²) in [4.78, 5) is 2.16. The minimum atomic E-state index is -3.45. The number of nitrogens with zero attached hydrogens (tertiary/aromatic N) is 2. The molecule has 1 aliphatic rings. The summed E-state index contributed by atoms with van der Waals surface area (Å²) in [6.45, 7) is 2.17. The van der Waals surface area contributed by atoms with Gasteiger partial charge in [-0.15, -0.1) is 11.3 Å². The predicted octanol–water partition coefficient (Wildman–Crippen LogP) is 3.79. The molecule has 24 heavy (non-hydrogen) atoms. The monoisotopic (exact) mass is 494 g/mol. The number of ether oxygens (including phenoxy) is 1. The van der Waals surface area contributed by atoms with Crippen molar-refractivity contribution >= 4 is 58.9 Å². The number of hydrogen-bond donors (Lipinski definition) is 0. The number of para-hydroxylation sites is 2. The third-order valence-corrected chi connectivity index (χ3v) is 9.49. The maximum atomic E-state index is 12.8. The lowest BCUT2D eigenvalue weighted by atomic mass is 10.2. The first-order valence-electron chi connectivity index (χ1n) is 7.26. The van der Waals surface area contributed by atoms with Crippen molar-refractivity contribution in [2.45, 2.75) is 4.21 Å². The largest absolute Gasteiger partial charge is 0.495 e. The van der Waals surface area contributed by atoms with Gasteiger partial charge < -0.3 is 9.64 Å². The van der Waals surface area contributed by atoms with E-state index < -0.39 is 10.0 Å². The van der Waals surface area contributed by atoms with Crippen LogP contribution >= 0.6 is 43.2 Å². The molecule has 0 radical (unpaired) electrons. The highest BCUT2D eigenvalue weighted by atomic mass is 79.9. The zero-order valence-electron chi connectivity index (χ0n) is 12.9. The standard InChI is InChI=1S/C15H16Br2N2O3S2/c1-22-13-5-3-2-4-12(13)18-6-8-19(9-7-18)24(20,21)14-10-11(16)15(17)23-14/h2-5,10H,6-9H2,1H3. The van der Waals surface area contributed by atoms with Crippen molar-refractivity contribution < 1.29 is 13.2 Å². The van der Waals surface area contributed by atoms with Crippen LogP contribution in [0.3, 0.4) is 0 Å². The van der Waals surface area contributed by atoms with E-state index in [9.17, 15) is 8.42 Å². The van der Waals surface area contributed by atoms with Gasteiger partial charge in [-0.25, -0.2) is 8.42 Å². The van der Waals surface area contributed by atoms with E-state index in [0.29, 0.717) is 30.4 Å². The van der Waals surface area contributed by atoms with E-state index in [1.54, 1.807) is 17.5 Å². The van der Waals surface area contributed by atoms with Crippen molar-refractivity contribution in [3.05, 3.63) is 38.6 Å². The number of piperazine rings is 1. The summed E-state index contributed by atoms with van der Waals surface area (Å²) in [6, 6.07) is 9.45. The maximum absolute atomic E-state index is 12.8. The van der Waals surface area contributed by atoms with E-state index in [2.05, 4.69) is 36.8 Å². The van der Waals surface area contributed by atoms with Gasteiger partial charge in [0.1, 0.15) is 9.96 Å². The highest BCUT2D eigenvalue weighted by Crippen LogP contribution is 2.36. The molecule has 0 saturated carbocycles. The second-order valence-corrected chi connectivity index (χ2v) is 10.6. The molecule has 1 saturated heterocycles. The summed E-state index contributed by atoms with van der Waals surface area (Å²) in [5, 5.41) is 0. The molecule has 0 aliphatic carbocycles. The first-order valence-corrected chi connectivity index (χ1v) is 11.1. The molecule has 0 spiro atoms. The van der Waals surface area contributed by atoms with Crippen LogP contribution in [0.2, 0.25) is 0 Å². The lowest BCUT2D eigenvalue weighted by Gasteiger charge is -2.35. The number of sulfonamides is 1. The van der Waals surface area contributed by atoms with Crippen molar-refractivity contribution in [3.8, 4) is 5.75 Å². The lowest BCUT2D eigenvalue weighted by Crippen LogP contribution is -2.48. The van der Waals surface area contributed by atoms with Gasteiger partial charge in [-0.05, 0) is 50.1 Å². The fourth-order valence-corrected chi connectivity index (χ4v) is 7.04. The minimum absolute atomic E-state index is 0.354. The molecule has 1 fully saturated rings. The third kappa shape index (κ3) is 3.50. The molecular weight excluding hydrogens is 480 g/mol. The molecule has 130 valence electrons. The molecular formula is C15H16Br2N2O3S2. The fraction of sp³-hybridized carbons (Fsp3) is 0.333. The second-order valence-electron chi connectivity index (χ2n) is 5.25. The summed E-state index contributed by atoms with van der Waals surface area (Å²) in [5.41, 5.74) is 0.999. The number of thiophene rings is 1. The van der Waals surface area contributed by atoms with E-state index in [1.807, 2.05) is 24.3 Å². The van der Waals surface area contributed by atoms with Crippen molar-refractivity contribution in [1.29, 1.82) is 0 Å². The van der Waals surface area contributed by atoms with Crippen molar-refractivity contribution in [1.82, 2.24) is 4.31 Å². The molecule has 1 aromatic heterocycles. The van der Waals surface area contributed by atoms with Crippen molar-refractivity contribution in [2.75, 3.05) is 38.2 Å². The molecule has 0 N–H and O–H groups in total. The Morgan fingerprint density at radius 1 is 1.12 bits per heavy atom. The molecule has 2 heterocycles. The highest BCUT2D eigenvalue weighted by molar-refractivity contribution is 9.13. The Labute approximate surface area is 162 Å². The molecule has 0 amide bonds. The summed E-state index contributed by atoms with van der Waals surface area (Å²) in [6.07, 6.45) is 0. The number of benzene rings is 1. The second kappa shape index (κ2) is 7.33. The Hall–Kier alpha value is -0.610. The van der Waals surface area contributed by atoms with Gasteiger partial charge in [0.05, 0.1) is 16.6 Å². The average molecular weight is 496 g/mol. The van der Waals surface area contributed by atoms with Gasteiger partial charge in [-0.1, -0.05) is 12.1 Å².